The second kappa shape index (κ2) is 10.3. The molecule has 0 aliphatic carbocycles. The number of alkyl halides is 5. The first-order valence-electron chi connectivity index (χ1n) is 11.0. The molecule has 6 nitrogen and oxygen atoms in total. The van der Waals surface area contributed by atoms with E-state index >= 15 is 0 Å². The first kappa shape index (κ1) is 26.2. The van der Waals surface area contributed by atoms with Crippen LogP contribution in [0.1, 0.15) is 33.0 Å². The molecule has 1 N–H and O–H groups in total. The van der Waals surface area contributed by atoms with Crippen LogP contribution in [-0.4, -0.2) is 46.8 Å². The van der Waals surface area contributed by atoms with Crippen molar-refractivity contribution in [3.8, 4) is 17.2 Å². The highest BCUT2D eigenvalue weighted by atomic mass is 32.1. The van der Waals surface area contributed by atoms with E-state index < -0.39 is 55.0 Å². The summed E-state index contributed by atoms with van der Waals surface area (Å²) in [5, 5.41) is 13.5. The van der Waals surface area contributed by atoms with Crippen LogP contribution < -0.4 is 5.32 Å². The minimum atomic E-state index is -4.40. The van der Waals surface area contributed by atoms with E-state index in [1.165, 1.54) is 28.8 Å². The molecule has 2 heterocycles. The number of amides is 2. The summed E-state index contributed by atoms with van der Waals surface area (Å²) in [5.41, 5.74) is 1.60. The fourth-order valence-corrected chi connectivity index (χ4v) is 4.69. The average molecular weight is 535 g/mol. The van der Waals surface area contributed by atoms with Gasteiger partial charge in [-0.1, -0.05) is 36.4 Å². The Morgan fingerprint density at radius 1 is 1.11 bits per heavy atom. The van der Waals surface area contributed by atoms with Gasteiger partial charge in [-0.3, -0.25) is 9.59 Å². The van der Waals surface area contributed by atoms with Crippen molar-refractivity contribution in [2.24, 2.45) is 0 Å². The molecule has 2 amide bonds. The lowest BCUT2D eigenvalue weighted by Crippen LogP contribution is -2.43. The quantitative estimate of drug-likeness (QED) is 0.456. The maximum atomic E-state index is 13.5. The number of rotatable bonds is 6. The Labute approximate surface area is 212 Å². The van der Waals surface area contributed by atoms with Gasteiger partial charge in [-0.2, -0.15) is 18.4 Å². The van der Waals surface area contributed by atoms with Crippen molar-refractivity contribution in [1.82, 2.24) is 15.2 Å². The highest BCUT2D eigenvalue weighted by Gasteiger charge is 2.47. The molecule has 4 rings (SSSR count). The zero-order valence-electron chi connectivity index (χ0n) is 19.1. The summed E-state index contributed by atoms with van der Waals surface area (Å²) in [4.78, 5) is 29.6. The molecule has 1 aliphatic heterocycles. The molecule has 1 atom stereocenters. The van der Waals surface area contributed by atoms with Crippen molar-refractivity contribution in [2.75, 3.05) is 13.1 Å². The van der Waals surface area contributed by atoms with Crippen molar-refractivity contribution in [1.29, 1.82) is 5.26 Å². The standard InChI is InChI=1S/C25H19F5N4O2S/c26-24(27)10-19(11-31)34(14-24)22(35)12-32-23(36)20-13-37-21(33-20)9-15-1-3-16(4-2-15)17-5-7-18(8-6-17)25(28,29)30/h1-8,13,19H,9-10,12,14H2,(H,32,36)/t19-/m0/s1. The molecule has 0 spiro atoms. The number of thiazole rings is 1. The molecule has 0 radical (unpaired) electrons. The number of halogens is 5. The van der Waals surface area contributed by atoms with E-state index in [1.54, 1.807) is 18.2 Å². The number of nitrogens with one attached hydrogen (secondary N) is 1. The number of likely N-dealkylation sites (tertiary alicyclic amines) is 1. The lowest BCUT2D eigenvalue weighted by atomic mass is 10.0. The van der Waals surface area contributed by atoms with E-state index in [1.807, 2.05) is 12.1 Å². The molecule has 3 aromatic rings. The van der Waals surface area contributed by atoms with Gasteiger partial charge in [0.1, 0.15) is 11.7 Å². The van der Waals surface area contributed by atoms with E-state index in [-0.39, 0.29) is 5.69 Å². The van der Waals surface area contributed by atoms with Gasteiger partial charge in [-0.05, 0) is 28.8 Å². The Kier molecular flexibility index (Phi) is 7.27. The second-order valence-electron chi connectivity index (χ2n) is 8.48. The van der Waals surface area contributed by atoms with Gasteiger partial charge in [0.25, 0.3) is 11.8 Å². The van der Waals surface area contributed by atoms with Crippen molar-refractivity contribution in [3.63, 3.8) is 0 Å². The topological polar surface area (TPSA) is 86.1 Å². The fourth-order valence-electron chi connectivity index (χ4n) is 3.88. The first-order chi connectivity index (χ1) is 17.4. The van der Waals surface area contributed by atoms with Gasteiger partial charge in [0.2, 0.25) is 5.91 Å². The van der Waals surface area contributed by atoms with Crippen molar-refractivity contribution >= 4 is 23.2 Å². The van der Waals surface area contributed by atoms with Gasteiger partial charge in [-0.25, -0.2) is 13.8 Å². The van der Waals surface area contributed by atoms with Crippen LogP contribution in [0, 0.1) is 11.3 Å². The molecule has 1 fully saturated rings. The monoisotopic (exact) mass is 534 g/mol. The Hall–Kier alpha value is -3.85. The van der Waals surface area contributed by atoms with Gasteiger partial charge >= 0.3 is 6.18 Å². The zero-order chi connectivity index (χ0) is 26.8. The van der Waals surface area contributed by atoms with Gasteiger partial charge in [0.05, 0.1) is 29.7 Å². The number of nitriles is 1. The number of carbonyl (C=O) groups is 2. The van der Waals surface area contributed by atoms with E-state index in [0.717, 1.165) is 28.2 Å². The van der Waals surface area contributed by atoms with Gasteiger partial charge < -0.3 is 10.2 Å². The lowest BCUT2D eigenvalue weighted by Gasteiger charge is -2.19. The van der Waals surface area contributed by atoms with Crippen LogP contribution >= 0.6 is 11.3 Å². The van der Waals surface area contributed by atoms with Gasteiger partial charge in [0, 0.05) is 18.2 Å². The van der Waals surface area contributed by atoms with Crippen LogP contribution in [0.2, 0.25) is 0 Å². The Balaban J connectivity index is 1.32. The molecule has 0 unspecified atom stereocenters. The fraction of sp³-hybridized carbons (Fsp3) is 0.280. The summed E-state index contributed by atoms with van der Waals surface area (Å²) in [6.07, 6.45) is -4.73. The first-order valence-corrected chi connectivity index (χ1v) is 11.9. The zero-order valence-corrected chi connectivity index (χ0v) is 19.9. The molecular formula is C25H19F5N4O2S. The minimum Gasteiger partial charge on any atom is -0.342 e. The van der Waals surface area contributed by atoms with Crippen LogP contribution in [0.25, 0.3) is 11.1 Å². The SMILES string of the molecule is N#C[C@@H]1CC(F)(F)CN1C(=O)CNC(=O)c1csc(Cc2ccc(-c3ccc(C(F)(F)F)cc3)cc2)n1. The summed E-state index contributed by atoms with van der Waals surface area (Å²) in [6, 6.07) is 12.5. The maximum absolute atomic E-state index is 13.5. The predicted molar refractivity (Wildman–Crippen MR) is 125 cm³/mol. The highest BCUT2D eigenvalue weighted by molar-refractivity contribution is 7.09. The third-order valence-corrected chi connectivity index (χ3v) is 6.63. The molecule has 1 aromatic heterocycles. The third-order valence-electron chi connectivity index (χ3n) is 5.78. The van der Waals surface area contributed by atoms with Crippen LogP contribution in [0.5, 0.6) is 0 Å². The Bertz CT molecular complexity index is 1330. The van der Waals surface area contributed by atoms with Crippen LogP contribution in [0.3, 0.4) is 0 Å². The third kappa shape index (κ3) is 6.29. The number of carbonyl (C=O) groups excluding carboxylic acids is 2. The molecular weight excluding hydrogens is 515 g/mol. The molecule has 0 saturated carbocycles. The molecule has 2 aromatic carbocycles. The molecule has 1 aliphatic rings. The smallest absolute Gasteiger partial charge is 0.342 e. The molecule has 1 saturated heterocycles. The summed E-state index contributed by atoms with van der Waals surface area (Å²) in [5.74, 6) is -4.56. The van der Waals surface area contributed by atoms with Crippen molar-refractivity contribution < 1.29 is 31.5 Å². The normalized spacial score (nSPS) is 16.9. The number of aromatic nitrogens is 1. The minimum absolute atomic E-state index is 0.0674. The van der Waals surface area contributed by atoms with Crippen LogP contribution in [0.4, 0.5) is 22.0 Å². The van der Waals surface area contributed by atoms with Crippen LogP contribution in [-0.2, 0) is 17.4 Å². The predicted octanol–water partition coefficient (Wildman–Crippen LogP) is 4.91. The van der Waals surface area contributed by atoms with Crippen molar-refractivity contribution in [3.05, 3.63) is 75.7 Å². The molecule has 0 bridgehead atoms. The molecule has 12 heteroatoms. The highest BCUT2D eigenvalue weighted by Crippen LogP contribution is 2.32. The lowest BCUT2D eigenvalue weighted by molar-refractivity contribution is -0.137. The summed E-state index contributed by atoms with van der Waals surface area (Å²) >= 11 is 1.22. The summed E-state index contributed by atoms with van der Waals surface area (Å²) in [7, 11) is 0. The maximum Gasteiger partial charge on any atom is 0.416 e. The molecule has 192 valence electrons. The van der Waals surface area contributed by atoms with E-state index in [2.05, 4.69) is 10.3 Å². The van der Waals surface area contributed by atoms with E-state index in [9.17, 15) is 31.5 Å². The van der Waals surface area contributed by atoms with Gasteiger partial charge in [-0.15, -0.1) is 11.3 Å². The van der Waals surface area contributed by atoms with E-state index in [4.69, 9.17) is 5.26 Å². The second-order valence-corrected chi connectivity index (χ2v) is 9.43. The Morgan fingerprint density at radius 3 is 2.32 bits per heavy atom. The number of nitrogens with zero attached hydrogens (tertiary/aromatic N) is 3. The summed E-state index contributed by atoms with van der Waals surface area (Å²) in [6.45, 7) is -1.40. The van der Waals surface area contributed by atoms with Crippen molar-refractivity contribution in [2.45, 2.75) is 31.0 Å². The summed E-state index contributed by atoms with van der Waals surface area (Å²) < 4.78 is 65.3. The van der Waals surface area contributed by atoms with Gasteiger partial charge in [0.15, 0.2) is 0 Å². The average Bonchev–Trinajstić information content (AvgIpc) is 3.45. The van der Waals surface area contributed by atoms with Crippen LogP contribution in [0.15, 0.2) is 53.9 Å². The molecule has 37 heavy (non-hydrogen) atoms. The number of hydrogen-bond donors (Lipinski definition) is 1. The van der Waals surface area contributed by atoms with E-state index in [0.29, 0.717) is 17.0 Å². The largest absolute Gasteiger partial charge is 0.416 e. The number of hydrogen-bond acceptors (Lipinski definition) is 5. The Morgan fingerprint density at radius 2 is 1.73 bits per heavy atom. The number of benzene rings is 2.